The van der Waals surface area contributed by atoms with Gasteiger partial charge in [-0.3, -0.25) is 4.90 Å². The van der Waals surface area contributed by atoms with Gasteiger partial charge in [0, 0.05) is 11.6 Å². The summed E-state index contributed by atoms with van der Waals surface area (Å²) in [5, 5.41) is 3.95. The smallest absolute Gasteiger partial charge is 0.0308 e. The van der Waals surface area contributed by atoms with Crippen LogP contribution in [0.4, 0.5) is 0 Å². The van der Waals surface area contributed by atoms with Gasteiger partial charge in [0.1, 0.15) is 0 Å². The summed E-state index contributed by atoms with van der Waals surface area (Å²) in [6.07, 6.45) is 11.2. The molecule has 0 aromatic carbocycles. The van der Waals surface area contributed by atoms with E-state index in [1.54, 1.807) is 0 Å². The maximum absolute atomic E-state index is 3.95. The summed E-state index contributed by atoms with van der Waals surface area (Å²) >= 11 is 0. The van der Waals surface area contributed by atoms with Gasteiger partial charge in [-0.25, -0.2) is 0 Å². The first-order valence-electron chi connectivity index (χ1n) is 9.58. The Hall–Kier alpha value is -0.0800. The van der Waals surface area contributed by atoms with Crippen molar-refractivity contribution in [1.82, 2.24) is 10.2 Å². The van der Waals surface area contributed by atoms with Gasteiger partial charge >= 0.3 is 0 Å². The van der Waals surface area contributed by atoms with Gasteiger partial charge in [0.05, 0.1) is 0 Å². The van der Waals surface area contributed by atoms with Gasteiger partial charge < -0.3 is 5.32 Å². The molecular formula is C19H38N2. The lowest BCUT2D eigenvalue weighted by Gasteiger charge is -2.47. The van der Waals surface area contributed by atoms with E-state index in [-0.39, 0.29) is 0 Å². The first-order chi connectivity index (χ1) is 10.1. The molecule has 1 saturated heterocycles. The first-order valence-corrected chi connectivity index (χ1v) is 9.58. The van der Waals surface area contributed by atoms with Gasteiger partial charge in [0.2, 0.25) is 0 Å². The molecule has 2 heteroatoms. The van der Waals surface area contributed by atoms with Crippen molar-refractivity contribution in [2.24, 2.45) is 11.8 Å². The highest BCUT2D eigenvalue weighted by Gasteiger charge is 2.41. The second-order valence-corrected chi connectivity index (χ2v) is 7.97. The zero-order chi connectivity index (χ0) is 15.3. The van der Waals surface area contributed by atoms with Crippen molar-refractivity contribution in [3.63, 3.8) is 0 Å². The van der Waals surface area contributed by atoms with Crippen molar-refractivity contribution in [3.8, 4) is 0 Å². The Bertz CT molecular complexity index is 286. The fraction of sp³-hybridized carbons (Fsp3) is 1.00. The molecule has 2 aliphatic rings. The van der Waals surface area contributed by atoms with E-state index in [4.69, 9.17) is 0 Å². The Morgan fingerprint density at radius 2 is 1.67 bits per heavy atom. The van der Waals surface area contributed by atoms with E-state index in [1.165, 1.54) is 71.0 Å². The number of likely N-dealkylation sites (tertiary alicyclic amines) is 1. The summed E-state index contributed by atoms with van der Waals surface area (Å²) in [6.45, 7) is 13.4. The standard InChI is InChI=1S/C19H38N2/c1-5-13-20-18(17-11-9-16(6-2)10-12-17)19(3,4)21-14-7-8-15-21/h16-18,20H,5-15H2,1-4H3. The van der Waals surface area contributed by atoms with Crippen LogP contribution in [0.2, 0.25) is 0 Å². The number of nitrogens with one attached hydrogen (secondary N) is 1. The maximum atomic E-state index is 3.95. The molecule has 2 nitrogen and oxygen atoms in total. The lowest BCUT2D eigenvalue weighted by Crippen LogP contribution is -2.60. The third kappa shape index (κ3) is 4.22. The SMILES string of the molecule is CCCNC(C1CCC(CC)CC1)C(C)(C)N1CCCC1. The molecule has 1 saturated carbocycles. The molecule has 124 valence electrons. The van der Waals surface area contributed by atoms with Crippen LogP contribution in [0.5, 0.6) is 0 Å². The predicted octanol–water partition coefficient (Wildman–Crippen LogP) is 4.45. The van der Waals surface area contributed by atoms with Gasteiger partial charge in [-0.2, -0.15) is 0 Å². The maximum Gasteiger partial charge on any atom is 0.0308 e. The van der Waals surface area contributed by atoms with Crippen LogP contribution in [0.25, 0.3) is 0 Å². The van der Waals surface area contributed by atoms with E-state index in [9.17, 15) is 0 Å². The summed E-state index contributed by atoms with van der Waals surface area (Å²) in [5.41, 5.74) is 0.315. The molecule has 0 bridgehead atoms. The molecule has 0 amide bonds. The van der Waals surface area contributed by atoms with Crippen LogP contribution in [0.15, 0.2) is 0 Å². The van der Waals surface area contributed by atoms with Crippen molar-refractivity contribution in [3.05, 3.63) is 0 Å². The fourth-order valence-electron chi connectivity index (χ4n) is 4.71. The summed E-state index contributed by atoms with van der Waals surface area (Å²) in [4.78, 5) is 2.76. The Balaban J connectivity index is 2.02. The van der Waals surface area contributed by atoms with Gasteiger partial charge in [0.25, 0.3) is 0 Å². The minimum absolute atomic E-state index is 0.315. The fourth-order valence-corrected chi connectivity index (χ4v) is 4.71. The van der Waals surface area contributed by atoms with Gasteiger partial charge in [0.15, 0.2) is 0 Å². The van der Waals surface area contributed by atoms with E-state index >= 15 is 0 Å². The zero-order valence-corrected chi connectivity index (χ0v) is 15.0. The summed E-state index contributed by atoms with van der Waals surface area (Å²) in [7, 11) is 0. The average molecular weight is 295 g/mol. The molecule has 1 N–H and O–H groups in total. The van der Waals surface area contributed by atoms with E-state index in [2.05, 4.69) is 37.9 Å². The zero-order valence-electron chi connectivity index (χ0n) is 15.0. The van der Waals surface area contributed by atoms with E-state index < -0.39 is 0 Å². The molecule has 21 heavy (non-hydrogen) atoms. The number of hydrogen-bond donors (Lipinski definition) is 1. The van der Waals surface area contributed by atoms with Crippen molar-refractivity contribution in [2.75, 3.05) is 19.6 Å². The summed E-state index contributed by atoms with van der Waals surface area (Å²) in [6, 6.07) is 0.674. The Morgan fingerprint density at radius 3 is 2.19 bits per heavy atom. The van der Waals surface area contributed by atoms with Gasteiger partial charge in [-0.05, 0) is 77.4 Å². The third-order valence-corrected chi connectivity index (χ3v) is 6.24. The van der Waals surface area contributed by atoms with Crippen molar-refractivity contribution in [1.29, 1.82) is 0 Å². The normalized spacial score (nSPS) is 29.7. The molecule has 0 aromatic heterocycles. The summed E-state index contributed by atoms with van der Waals surface area (Å²) < 4.78 is 0. The van der Waals surface area contributed by atoms with Crippen molar-refractivity contribution < 1.29 is 0 Å². The predicted molar refractivity (Wildman–Crippen MR) is 92.7 cm³/mol. The lowest BCUT2D eigenvalue weighted by molar-refractivity contribution is 0.0594. The van der Waals surface area contributed by atoms with Crippen molar-refractivity contribution >= 4 is 0 Å². The lowest BCUT2D eigenvalue weighted by atomic mass is 9.72. The molecule has 0 aromatic rings. The van der Waals surface area contributed by atoms with Gasteiger partial charge in [-0.15, -0.1) is 0 Å². The highest BCUT2D eigenvalue weighted by molar-refractivity contribution is 4.99. The van der Waals surface area contributed by atoms with Gasteiger partial charge in [-0.1, -0.05) is 33.1 Å². The Labute approximate surface area is 133 Å². The monoisotopic (exact) mass is 294 g/mol. The minimum Gasteiger partial charge on any atom is -0.312 e. The molecule has 2 rings (SSSR count). The number of nitrogens with zero attached hydrogens (tertiary/aromatic N) is 1. The molecule has 1 heterocycles. The number of hydrogen-bond acceptors (Lipinski definition) is 2. The van der Waals surface area contributed by atoms with Crippen LogP contribution < -0.4 is 5.32 Å². The van der Waals surface area contributed by atoms with Crippen LogP contribution in [-0.4, -0.2) is 36.1 Å². The van der Waals surface area contributed by atoms with Crippen LogP contribution >= 0.6 is 0 Å². The molecular weight excluding hydrogens is 256 g/mol. The molecule has 0 radical (unpaired) electrons. The second-order valence-electron chi connectivity index (χ2n) is 7.97. The van der Waals surface area contributed by atoms with E-state index in [1.807, 2.05) is 0 Å². The molecule has 1 atom stereocenters. The topological polar surface area (TPSA) is 15.3 Å². The Kier molecular flexibility index (Phi) is 6.55. The van der Waals surface area contributed by atoms with Crippen LogP contribution in [0, 0.1) is 11.8 Å². The highest BCUT2D eigenvalue weighted by atomic mass is 15.2. The Morgan fingerprint density at radius 1 is 1.05 bits per heavy atom. The minimum atomic E-state index is 0.315. The molecule has 0 spiro atoms. The number of rotatable bonds is 7. The van der Waals surface area contributed by atoms with E-state index in [0.717, 1.165) is 11.8 Å². The molecule has 1 unspecified atom stereocenters. The van der Waals surface area contributed by atoms with Crippen LogP contribution in [-0.2, 0) is 0 Å². The van der Waals surface area contributed by atoms with Crippen molar-refractivity contribution in [2.45, 2.75) is 90.6 Å². The highest BCUT2D eigenvalue weighted by Crippen LogP contribution is 2.37. The third-order valence-electron chi connectivity index (χ3n) is 6.24. The van der Waals surface area contributed by atoms with Crippen LogP contribution in [0.1, 0.15) is 79.1 Å². The molecule has 1 aliphatic heterocycles. The van der Waals surface area contributed by atoms with E-state index in [0.29, 0.717) is 11.6 Å². The average Bonchev–Trinajstić information content (AvgIpc) is 3.03. The quantitative estimate of drug-likeness (QED) is 0.746. The largest absolute Gasteiger partial charge is 0.312 e. The summed E-state index contributed by atoms with van der Waals surface area (Å²) in [5.74, 6) is 1.89. The second kappa shape index (κ2) is 7.97. The molecule has 1 aliphatic carbocycles. The van der Waals surface area contributed by atoms with Crippen LogP contribution in [0.3, 0.4) is 0 Å². The molecule has 2 fully saturated rings. The first kappa shape index (κ1) is 17.3.